The lowest BCUT2D eigenvalue weighted by Gasteiger charge is -2.27. The highest BCUT2D eigenvalue weighted by Gasteiger charge is 2.27. The van der Waals surface area contributed by atoms with Crippen LogP contribution >= 0.6 is 0 Å². The van der Waals surface area contributed by atoms with E-state index in [1.54, 1.807) is 4.68 Å². The normalized spacial score (nSPS) is 21.9. The van der Waals surface area contributed by atoms with Gasteiger partial charge in [-0.1, -0.05) is 0 Å². The summed E-state index contributed by atoms with van der Waals surface area (Å²) in [6, 6.07) is 2.10. The molecule has 1 heterocycles. The fourth-order valence-electron chi connectivity index (χ4n) is 2.88. The highest BCUT2D eigenvalue weighted by molar-refractivity contribution is 5.76. The number of carbonyl (C=O) groups is 2. The summed E-state index contributed by atoms with van der Waals surface area (Å²) in [6.45, 7) is 4.10. The minimum Gasteiger partial charge on any atom is -0.469 e. The van der Waals surface area contributed by atoms with E-state index >= 15 is 0 Å². The first-order valence-corrected chi connectivity index (χ1v) is 7.38. The lowest BCUT2D eigenvalue weighted by molar-refractivity contribution is -0.146. The summed E-state index contributed by atoms with van der Waals surface area (Å²) in [5, 5.41) is 7.31. The van der Waals surface area contributed by atoms with Crippen molar-refractivity contribution in [2.75, 3.05) is 7.11 Å². The van der Waals surface area contributed by atoms with E-state index in [2.05, 4.69) is 10.4 Å². The quantitative estimate of drug-likeness (QED) is 0.850. The van der Waals surface area contributed by atoms with Crippen LogP contribution in [0.2, 0.25) is 0 Å². The van der Waals surface area contributed by atoms with Crippen LogP contribution < -0.4 is 5.32 Å². The van der Waals surface area contributed by atoms with Crippen molar-refractivity contribution in [3.63, 3.8) is 0 Å². The first-order chi connectivity index (χ1) is 9.99. The summed E-state index contributed by atoms with van der Waals surface area (Å²) in [4.78, 5) is 23.5. The van der Waals surface area contributed by atoms with Gasteiger partial charge in [0.15, 0.2) is 0 Å². The summed E-state index contributed by atoms with van der Waals surface area (Å²) in [5.74, 6) is -0.177. The Labute approximate surface area is 124 Å². The lowest BCUT2D eigenvalue weighted by Crippen LogP contribution is -2.40. The van der Waals surface area contributed by atoms with Crippen LogP contribution in [0.15, 0.2) is 6.07 Å². The zero-order valence-corrected chi connectivity index (χ0v) is 12.9. The van der Waals surface area contributed by atoms with Crippen molar-refractivity contribution in [2.24, 2.45) is 5.92 Å². The number of nitrogens with one attached hydrogen (secondary N) is 1. The van der Waals surface area contributed by atoms with E-state index in [1.165, 1.54) is 7.11 Å². The molecule has 0 atom stereocenters. The van der Waals surface area contributed by atoms with Gasteiger partial charge in [0.05, 0.1) is 18.7 Å². The number of esters is 1. The monoisotopic (exact) mass is 293 g/mol. The smallest absolute Gasteiger partial charge is 0.308 e. The molecule has 21 heavy (non-hydrogen) atoms. The van der Waals surface area contributed by atoms with E-state index in [0.29, 0.717) is 0 Å². The van der Waals surface area contributed by atoms with Crippen LogP contribution in [0.1, 0.15) is 37.1 Å². The van der Waals surface area contributed by atoms with Crippen molar-refractivity contribution in [3.8, 4) is 0 Å². The zero-order chi connectivity index (χ0) is 15.4. The number of hydrogen-bond acceptors (Lipinski definition) is 4. The number of aromatic nitrogens is 2. The predicted molar refractivity (Wildman–Crippen MR) is 77.6 cm³/mol. The maximum Gasteiger partial charge on any atom is 0.308 e. The SMILES string of the molecule is COC(=O)C1CCC(NC(=O)Cn2nc(C)cc2C)CC1. The maximum absolute atomic E-state index is 12.1. The number of hydrogen-bond donors (Lipinski definition) is 1. The summed E-state index contributed by atoms with van der Waals surface area (Å²) in [6.07, 6.45) is 3.19. The van der Waals surface area contributed by atoms with Gasteiger partial charge in [-0.3, -0.25) is 14.3 Å². The minimum absolute atomic E-state index is 0.0147. The van der Waals surface area contributed by atoms with Crippen molar-refractivity contribution in [2.45, 2.75) is 52.1 Å². The minimum atomic E-state index is -0.137. The molecule has 0 spiro atoms. The third kappa shape index (κ3) is 4.06. The Morgan fingerprint density at radius 2 is 2.00 bits per heavy atom. The summed E-state index contributed by atoms with van der Waals surface area (Å²) in [7, 11) is 1.42. The average Bonchev–Trinajstić information content (AvgIpc) is 2.76. The standard InChI is InChI=1S/C15H23N3O3/c1-10-8-11(2)18(17-10)9-14(19)16-13-6-4-12(5-7-13)15(20)21-3/h8,12-13H,4-7,9H2,1-3H3,(H,16,19). The lowest BCUT2D eigenvalue weighted by atomic mass is 9.86. The number of carbonyl (C=O) groups excluding carboxylic acids is 2. The molecule has 1 amide bonds. The van der Waals surface area contributed by atoms with E-state index in [0.717, 1.165) is 37.1 Å². The van der Waals surface area contributed by atoms with Crippen LogP contribution in [-0.4, -0.2) is 34.8 Å². The molecule has 0 radical (unpaired) electrons. The number of aryl methyl sites for hydroxylation is 2. The Hall–Kier alpha value is -1.85. The molecule has 1 aromatic heterocycles. The molecule has 0 bridgehead atoms. The van der Waals surface area contributed by atoms with Gasteiger partial charge in [0.25, 0.3) is 0 Å². The highest BCUT2D eigenvalue weighted by Crippen LogP contribution is 2.25. The Bertz CT molecular complexity index is 516. The highest BCUT2D eigenvalue weighted by atomic mass is 16.5. The first-order valence-electron chi connectivity index (χ1n) is 7.38. The predicted octanol–water partition coefficient (Wildman–Crippen LogP) is 1.35. The number of rotatable bonds is 4. The molecule has 1 aliphatic carbocycles. The molecule has 1 aliphatic rings. The van der Waals surface area contributed by atoms with E-state index in [1.807, 2.05) is 19.9 Å². The Kier molecular flexibility index (Phi) is 4.98. The van der Waals surface area contributed by atoms with Gasteiger partial charge in [-0.25, -0.2) is 0 Å². The summed E-state index contributed by atoms with van der Waals surface area (Å²) < 4.78 is 6.48. The molecular formula is C15H23N3O3. The molecule has 2 rings (SSSR count). The van der Waals surface area contributed by atoms with Gasteiger partial charge < -0.3 is 10.1 Å². The Morgan fingerprint density at radius 3 is 2.52 bits per heavy atom. The third-order valence-electron chi connectivity index (χ3n) is 4.02. The largest absolute Gasteiger partial charge is 0.469 e. The molecule has 1 saturated carbocycles. The third-order valence-corrected chi connectivity index (χ3v) is 4.02. The van der Waals surface area contributed by atoms with Crippen LogP contribution in [0.3, 0.4) is 0 Å². The van der Waals surface area contributed by atoms with Gasteiger partial charge in [0.2, 0.25) is 5.91 Å². The molecule has 6 nitrogen and oxygen atoms in total. The van der Waals surface area contributed by atoms with Gasteiger partial charge >= 0.3 is 5.97 Å². The second kappa shape index (κ2) is 6.74. The van der Waals surface area contributed by atoms with E-state index in [4.69, 9.17) is 4.74 Å². The van der Waals surface area contributed by atoms with Gasteiger partial charge in [-0.2, -0.15) is 5.10 Å². The Balaban J connectivity index is 1.79. The van der Waals surface area contributed by atoms with Gasteiger partial charge in [0, 0.05) is 11.7 Å². The van der Waals surface area contributed by atoms with Crippen LogP contribution in [-0.2, 0) is 20.9 Å². The maximum atomic E-state index is 12.1. The van der Waals surface area contributed by atoms with E-state index in [-0.39, 0.29) is 30.4 Å². The van der Waals surface area contributed by atoms with Crippen molar-refractivity contribution in [1.82, 2.24) is 15.1 Å². The number of amides is 1. The van der Waals surface area contributed by atoms with E-state index in [9.17, 15) is 9.59 Å². The fraction of sp³-hybridized carbons (Fsp3) is 0.667. The second-order valence-electron chi connectivity index (χ2n) is 5.72. The average molecular weight is 293 g/mol. The number of ether oxygens (including phenoxy) is 1. The molecule has 0 aromatic carbocycles. The van der Waals surface area contributed by atoms with Gasteiger partial charge in [-0.05, 0) is 45.6 Å². The first kappa shape index (κ1) is 15.5. The Morgan fingerprint density at radius 1 is 1.33 bits per heavy atom. The van der Waals surface area contributed by atoms with Gasteiger partial charge in [0.1, 0.15) is 6.54 Å². The summed E-state index contributed by atoms with van der Waals surface area (Å²) >= 11 is 0. The van der Waals surface area contributed by atoms with Crippen LogP contribution in [0.25, 0.3) is 0 Å². The number of nitrogens with zero attached hydrogens (tertiary/aromatic N) is 2. The molecular weight excluding hydrogens is 270 g/mol. The molecule has 6 heteroatoms. The second-order valence-corrected chi connectivity index (χ2v) is 5.72. The summed E-state index contributed by atoms with van der Waals surface area (Å²) in [5.41, 5.74) is 1.90. The topological polar surface area (TPSA) is 73.2 Å². The molecule has 1 N–H and O–H groups in total. The molecule has 0 unspecified atom stereocenters. The molecule has 116 valence electrons. The van der Waals surface area contributed by atoms with Crippen LogP contribution in [0, 0.1) is 19.8 Å². The van der Waals surface area contributed by atoms with Crippen molar-refractivity contribution in [1.29, 1.82) is 0 Å². The van der Waals surface area contributed by atoms with Crippen LogP contribution in [0.4, 0.5) is 0 Å². The van der Waals surface area contributed by atoms with Gasteiger partial charge in [-0.15, -0.1) is 0 Å². The number of methoxy groups -OCH3 is 1. The van der Waals surface area contributed by atoms with Crippen molar-refractivity contribution in [3.05, 3.63) is 17.5 Å². The fourth-order valence-corrected chi connectivity index (χ4v) is 2.88. The van der Waals surface area contributed by atoms with E-state index < -0.39 is 0 Å². The van der Waals surface area contributed by atoms with Crippen molar-refractivity contribution >= 4 is 11.9 Å². The molecule has 0 aliphatic heterocycles. The molecule has 1 aromatic rings. The molecule has 0 saturated heterocycles. The van der Waals surface area contributed by atoms with Crippen LogP contribution in [0.5, 0.6) is 0 Å². The molecule has 1 fully saturated rings. The zero-order valence-electron chi connectivity index (χ0n) is 12.9. The van der Waals surface area contributed by atoms with Crippen molar-refractivity contribution < 1.29 is 14.3 Å².